The number of imidazole rings is 2. The molecule has 35 heavy (non-hydrogen) atoms. The average Bonchev–Trinajstić information content (AvgIpc) is 3.50. The van der Waals surface area contributed by atoms with Crippen molar-refractivity contribution in [1.82, 2.24) is 24.1 Å². The van der Waals surface area contributed by atoms with E-state index in [2.05, 4.69) is 27.9 Å². The average molecular weight is 487 g/mol. The molecule has 0 saturated heterocycles. The summed E-state index contributed by atoms with van der Waals surface area (Å²) < 4.78 is 9.70. The summed E-state index contributed by atoms with van der Waals surface area (Å²) >= 11 is 6.75. The van der Waals surface area contributed by atoms with Crippen LogP contribution in [0.1, 0.15) is 55.3 Å². The third-order valence-corrected chi connectivity index (χ3v) is 7.00. The summed E-state index contributed by atoms with van der Waals surface area (Å²) in [4.78, 5) is 14.1. The van der Waals surface area contributed by atoms with Crippen LogP contribution in [0.3, 0.4) is 0 Å². The van der Waals surface area contributed by atoms with Crippen LogP contribution in [-0.4, -0.2) is 31.2 Å². The molecule has 0 unspecified atom stereocenters. The molecule has 1 atom stereocenters. The van der Waals surface area contributed by atoms with E-state index >= 15 is 0 Å². The molecule has 0 fully saturated rings. The van der Waals surface area contributed by atoms with Gasteiger partial charge in [0.25, 0.3) is 0 Å². The molecule has 0 amide bonds. The van der Waals surface area contributed by atoms with Crippen molar-refractivity contribution in [3.63, 3.8) is 0 Å². The van der Waals surface area contributed by atoms with E-state index in [1.54, 1.807) is 13.4 Å². The van der Waals surface area contributed by atoms with Crippen molar-refractivity contribution in [1.29, 1.82) is 5.26 Å². The number of benzene rings is 1. The Morgan fingerprint density at radius 2 is 1.97 bits per heavy atom. The van der Waals surface area contributed by atoms with Gasteiger partial charge in [0.1, 0.15) is 17.2 Å². The lowest BCUT2D eigenvalue weighted by molar-refractivity contribution is 0.396. The molecule has 0 saturated carbocycles. The molecule has 1 aliphatic heterocycles. The van der Waals surface area contributed by atoms with E-state index in [1.165, 1.54) is 0 Å². The minimum atomic E-state index is -0.591. The lowest BCUT2D eigenvalue weighted by Crippen LogP contribution is -2.18. The minimum Gasteiger partial charge on any atom is -0.479 e. The fraction of sp³-hybridized carbons (Fsp3) is 0.333. The smallest absolute Gasteiger partial charge is 0.238 e. The highest BCUT2D eigenvalue weighted by Crippen LogP contribution is 2.39. The van der Waals surface area contributed by atoms with Gasteiger partial charge in [-0.3, -0.25) is 0 Å². The number of fused-ring (bicyclic) bond motifs is 1. The monoisotopic (exact) mass is 486 g/mol. The van der Waals surface area contributed by atoms with Gasteiger partial charge >= 0.3 is 0 Å². The number of aromatic nitrogens is 5. The Balaban J connectivity index is 1.50. The lowest BCUT2D eigenvalue weighted by Gasteiger charge is -2.25. The molecule has 3 aromatic heterocycles. The molecular formula is C27H27ClN6O. The fourth-order valence-electron chi connectivity index (χ4n) is 4.64. The van der Waals surface area contributed by atoms with E-state index in [9.17, 15) is 5.26 Å². The molecule has 178 valence electrons. The SMILES string of the molecule is COc1nc(-c2cn3c(n2)[C@@H](c2ccc(C(C)(C)C#N)cc2Cl)CCC3)ccc1-n1cnc(C)c1. The van der Waals surface area contributed by atoms with E-state index in [0.717, 1.165) is 59.1 Å². The van der Waals surface area contributed by atoms with Gasteiger partial charge in [-0.2, -0.15) is 5.26 Å². The van der Waals surface area contributed by atoms with E-state index in [1.807, 2.05) is 55.8 Å². The largest absolute Gasteiger partial charge is 0.479 e. The van der Waals surface area contributed by atoms with Crippen LogP contribution in [-0.2, 0) is 12.0 Å². The van der Waals surface area contributed by atoms with E-state index < -0.39 is 5.41 Å². The summed E-state index contributed by atoms with van der Waals surface area (Å²) in [5.41, 5.74) is 4.67. The molecule has 8 heteroatoms. The molecule has 1 aromatic carbocycles. The number of halogens is 1. The van der Waals surface area contributed by atoms with Crippen molar-refractivity contribution >= 4 is 11.6 Å². The normalized spacial score (nSPS) is 15.5. The molecular weight excluding hydrogens is 460 g/mol. The number of hydrogen-bond donors (Lipinski definition) is 0. The molecule has 0 aliphatic carbocycles. The van der Waals surface area contributed by atoms with Crippen LogP contribution in [0, 0.1) is 18.3 Å². The third kappa shape index (κ3) is 4.19. The van der Waals surface area contributed by atoms with Crippen LogP contribution < -0.4 is 4.74 Å². The molecule has 4 aromatic rings. The Labute approximate surface area is 210 Å². The molecule has 1 aliphatic rings. The van der Waals surface area contributed by atoms with Crippen LogP contribution in [0.4, 0.5) is 0 Å². The number of nitriles is 1. The predicted octanol–water partition coefficient (Wildman–Crippen LogP) is 5.83. The van der Waals surface area contributed by atoms with E-state index in [4.69, 9.17) is 26.3 Å². The Morgan fingerprint density at radius 3 is 2.66 bits per heavy atom. The maximum absolute atomic E-state index is 9.49. The summed E-state index contributed by atoms with van der Waals surface area (Å²) in [6.07, 6.45) is 7.75. The summed E-state index contributed by atoms with van der Waals surface area (Å²) in [6.45, 7) is 6.65. The zero-order valence-corrected chi connectivity index (χ0v) is 21.0. The van der Waals surface area contributed by atoms with Crippen molar-refractivity contribution in [3.05, 3.63) is 76.7 Å². The van der Waals surface area contributed by atoms with Gasteiger partial charge < -0.3 is 13.9 Å². The van der Waals surface area contributed by atoms with Gasteiger partial charge in [-0.25, -0.2) is 15.0 Å². The summed E-state index contributed by atoms with van der Waals surface area (Å²) in [7, 11) is 1.62. The molecule has 0 bridgehead atoms. The van der Waals surface area contributed by atoms with E-state index in [0.29, 0.717) is 10.9 Å². The lowest BCUT2D eigenvalue weighted by atomic mass is 9.84. The molecule has 7 nitrogen and oxygen atoms in total. The number of ether oxygens (including phenoxy) is 1. The predicted molar refractivity (Wildman–Crippen MR) is 135 cm³/mol. The zero-order valence-electron chi connectivity index (χ0n) is 20.3. The van der Waals surface area contributed by atoms with Gasteiger partial charge in [-0.1, -0.05) is 23.7 Å². The Morgan fingerprint density at radius 1 is 1.14 bits per heavy atom. The summed E-state index contributed by atoms with van der Waals surface area (Å²) in [6, 6.07) is 12.3. The first kappa shape index (κ1) is 23.1. The Bertz CT molecular complexity index is 1440. The second-order valence-electron chi connectivity index (χ2n) is 9.49. The first-order valence-corrected chi connectivity index (χ1v) is 12.0. The molecule has 0 spiro atoms. The highest BCUT2D eigenvalue weighted by atomic mass is 35.5. The number of hydrogen-bond acceptors (Lipinski definition) is 5. The second kappa shape index (κ2) is 8.86. The fourth-order valence-corrected chi connectivity index (χ4v) is 4.95. The minimum absolute atomic E-state index is 0.0827. The number of methoxy groups -OCH3 is 1. The van der Waals surface area contributed by atoms with Crippen LogP contribution in [0.15, 0.2) is 49.1 Å². The standard InChI is InChI=1S/C27H27ClN6O/c1-17-13-34(16-30-17)24-10-9-22(32-26(24)35-4)23-14-33-11-5-6-20(25(33)31-23)19-8-7-18(12-21(19)28)27(2,3)15-29/h7-10,12-14,16,20H,5-6,11H2,1-4H3/t20-/m1/s1. The van der Waals surface area contributed by atoms with Gasteiger partial charge in [0.2, 0.25) is 5.88 Å². The van der Waals surface area contributed by atoms with Gasteiger partial charge in [0, 0.05) is 29.9 Å². The van der Waals surface area contributed by atoms with Crippen molar-refractivity contribution in [2.24, 2.45) is 0 Å². The van der Waals surface area contributed by atoms with Crippen LogP contribution >= 0.6 is 11.6 Å². The Hall–Kier alpha value is -3.63. The molecule has 0 radical (unpaired) electrons. The van der Waals surface area contributed by atoms with E-state index in [-0.39, 0.29) is 5.92 Å². The second-order valence-corrected chi connectivity index (χ2v) is 9.90. The number of nitrogens with zero attached hydrogens (tertiary/aromatic N) is 6. The highest BCUT2D eigenvalue weighted by molar-refractivity contribution is 6.31. The maximum atomic E-state index is 9.49. The van der Waals surface area contributed by atoms with Crippen molar-refractivity contribution in [3.8, 4) is 29.0 Å². The molecule has 0 N–H and O–H groups in total. The van der Waals surface area contributed by atoms with Crippen molar-refractivity contribution in [2.75, 3.05) is 7.11 Å². The summed E-state index contributed by atoms with van der Waals surface area (Å²) in [5.74, 6) is 1.58. The molecule has 4 heterocycles. The van der Waals surface area contributed by atoms with Gasteiger partial charge in [0.05, 0.1) is 36.3 Å². The third-order valence-electron chi connectivity index (χ3n) is 6.67. The zero-order chi connectivity index (χ0) is 24.7. The van der Waals surface area contributed by atoms with Crippen LogP contribution in [0.5, 0.6) is 5.88 Å². The van der Waals surface area contributed by atoms with Crippen LogP contribution in [0.25, 0.3) is 17.1 Å². The highest BCUT2D eigenvalue weighted by Gasteiger charge is 2.28. The van der Waals surface area contributed by atoms with Gasteiger partial charge in [-0.05, 0) is 62.9 Å². The number of pyridine rings is 1. The first-order chi connectivity index (χ1) is 16.8. The number of rotatable bonds is 5. The molecule has 5 rings (SSSR count). The quantitative estimate of drug-likeness (QED) is 0.354. The topological polar surface area (TPSA) is 81.5 Å². The van der Waals surface area contributed by atoms with Crippen molar-refractivity contribution < 1.29 is 4.74 Å². The van der Waals surface area contributed by atoms with Gasteiger partial charge in [0.15, 0.2) is 0 Å². The van der Waals surface area contributed by atoms with Crippen molar-refractivity contribution in [2.45, 2.75) is 51.5 Å². The first-order valence-electron chi connectivity index (χ1n) is 11.7. The van der Waals surface area contributed by atoms with Crippen LogP contribution in [0.2, 0.25) is 5.02 Å². The maximum Gasteiger partial charge on any atom is 0.238 e. The summed E-state index contributed by atoms with van der Waals surface area (Å²) in [5, 5.41) is 10.2. The van der Waals surface area contributed by atoms with Gasteiger partial charge in [-0.15, -0.1) is 0 Å². The Kier molecular flexibility index (Phi) is 5.86. The number of aryl methyl sites for hydroxylation is 2.